The molecule has 2 N–H and O–H groups in total. The first kappa shape index (κ1) is 16.0. The number of carbonyl (C=O) groups excluding carboxylic acids is 1. The van der Waals surface area contributed by atoms with Gasteiger partial charge in [-0.15, -0.1) is 0 Å². The lowest BCUT2D eigenvalue weighted by atomic mass is 10.2. The van der Waals surface area contributed by atoms with Crippen molar-refractivity contribution >= 4 is 21.6 Å². The fraction of sp³-hybridized carbons (Fsp3) is 0.133. The van der Waals surface area contributed by atoms with Gasteiger partial charge in [-0.2, -0.15) is 0 Å². The second kappa shape index (κ2) is 6.59. The van der Waals surface area contributed by atoms with E-state index in [1.165, 1.54) is 38.4 Å². The molecule has 1 amide bonds. The second-order valence-electron chi connectivity index (χ2n) is 4.42. The Morgan fingerprint density at radius 1 is 1.09 bits per heavy atom. The zero-order valence-corrected chi connectivity index (χ0v) is 13.0. The van der Waals surface area contributed by atoms with Gasteiger partial charge < -0.3 is 10.1 Å². The number of hydrogen-bond acceptors (Lipinski definition) is 4. The van der Waals surface area contributed by atoms with Crippen molar-refractivity contribution in [3.8, 4) is 5.75 Å². The maximum absolute atomic E-state index is 12.1. The highest BCUT2D eigenvalue weighted by Crippen LogP contribution is 2.17. The van der Waals surface area contributed by atoms with E-state index in [-0.39, 0.29) is 10.8 Å². The largest absolute Gasteiger partial charge is 0.497 e. The molecule has 0 aliphatic heterocycles. The Bertz CT molecular complexity index is 770. The minimum Gasteiger partial charge on any atom is -0.497 e. The molecule has 0 heterocycles. The predicted molar refractivity (Wildman–Crippen MR) is 83.6 cm³/mol. The highest BCUT2D eigenvalue weighted by atomic mass is 32.2. The number of carbonyl (C=O) groups is 1. The summed E-state index contributed by atoms with van der Waals surface area (Å²) in [5.74, 6) is 0.284. The highest BCUT2D eigenvalue weighted by Gasteiger charge is 2.11. The molecule has 0 fully saturated rings. The lowest BCUT2D eigenvalue weighted by molar-refractivity contribution is 0.102. The van der Waals surface area contributed by atoms with Gasteiger partial charge in [0.15, 0.2) is 0 Å². The van der Waals surface area contributed by atoms with E-state index in [1.807, 2.05) is 0 Å². The predicted octanol–water partition coefficient (Wildman–Crippen LogP) is 1.86. The molecule has 0 aliphatic rings. The third-order valence-corrected chi connectivity index (χ3v) is 4.45. The molecule has 6 nitrogen and oxygen atoms in total. The average molecular weight is 320 g/mol. The van der Waals surface area contributed by atoms with Crippen molar-refractivity contribution in [1.29, 1.82) is 0 Å². The van der Waals surface area contributed by atoms with Crippen LogP contribution in [0.2, 0.25) is 0 Å². The Morgan fingerprint density at radius 3 is 2.36 bits per heavy atom. The number of anilines is 1. The molecule has 116 valence electrons. The number of amides is 1. The van der Waals surface area contributed by atoms with E-state index in [4.69, 9.17) is 4.74 Å². The summed E-state index contributed by atoms with van der Waals surface area (Å²) in [6, 6.07) is 12.7. The summed E-state index contributed by atoms with van der Waals surface area (Å²) in [4.78, 5) is 12.3. The van der Waals surface area contributed by atoms with E-state index in [0.29, 0.717) is 17.0 Å². The Hall–Kier alpha value is -2.38. The summed E-state index contributed by atoms with van der Waals surface area (Å²) >= 11 is 0. The summed E-state index contributed by atoms with van der Waals surface area (Å²) in [6.07, 6.45) is 0. The summed E-state index contributed by atoms with van der Waals surface area (Å²) < 4.78 is 30.5. The molecule has 2 aromatic rings. The number of hydrogen-bond donors (Lipinski definition) is 2. The normalized spacial score (nSPS) is 11.0. The Balaban J connectivity index is 2.15. The lowest BCUT2D eigenvalue weighted by Crippen LogP contribution is -2.18. The topological polar surface area (TPSA) is 84.5 Å². The van der Waals surface area contributed by atoms with Crippen LogP contribution < -0.4 is 14.8 Å². The molecule has 0 atom stereocenters. The van der Waals surface area contributed by atoms with Crippen LogP contribution in [0, 0.1) is 0 Å². The van der Waals surface area contributed by atoms with Gasteiger partial charge in [-0.25, -0.2) is 13.1 Å². The molecule has 0 spiro atoms. The summed E-state index contributed by atoms with van der Waals surface area (Å²) in [6.45, 7) is 0. The lowest BCUT2D eigenvalue weighted by Gasteiger charge is -2.08. The molecule has 2 aromatic carbocycles. The van der Waals surface area contributed by atoms with Crippen LogP contribution in [-0.4, -0.2) is 28.5 Å². The van der Waals surface area contributed by atoms with Crippen LogP contribution in [0.5, 0.6) is 5.75 Å². The average Bonchev–Trinajstić information content (AvgIpc) is 2.55. The van der Waals surface area contributed by atoms with E-state index in [0.717, 1.165) is 0 Å². The fourth-order valence-electron chi connectivity index (χ4n) is 1.80. The van der Waals surface area contributed by atoms with Gasteiger partial charge in [0.1, 0.15) is 5.75 Å². The van der Waals surface area contributed by atoms with Gasteiger partial charge in [0.25, 0.3) is 5.91 Å². The number of rotatable bonds is 5. The monoisotopic (exact) mass is 320 g/mol. The van der Waals surface area contributed by atoms with Gasteiger partial charge in [-0.1, -0.05) is 6.07 Å². The number of sulfonamides is 1. The third kappa shape index (κ3) is 3.63. The third-order valence-electron chi connectivity index (χ3n) is 3.02. The molecule has 0 saturated carbocycles. The smallest absolute Gasteiger partial charge is 0.255 e. The van der Waals surface area contributed by atoms with Crippen molar-refractivity contribution in [2.75, 3.05) is 19.5 Å². The maximum atomic E-state index is 12.1. The minimum atomic E-state index is -3.48. The standard InChI is InChI=1S/C15H16N2O4S/c1-16-22(19,20)14-8-6-12(7-9-14)17-15(18)11-4-3-5-13(10-11)21-2/h3-10,16H,1-2H3,(H,17,18). The van der Waals surface area contributed by atoms with Gasteiger partial charge in [0.2, 0.25) is 10.0 Å². The van der Waals surface area contributed by atoms with Gasteiger partial charge in [-0.3, -0.25) is 4.79 Å². The number of methoxy groups -OCH3 is 1. The molecular formula is C15H16N2O4S. The van der Waals surface area contributed by atoms with E-state index in [2.05, 4.69) is 10.0 Å². The SMILES string of the molecule is CNS(=O)(=O)c1ccc(NC(=O)c2cccc(OC)c2)cc1. The molecule has 0 bridgehead atoms. The van der Waals surface area contributed by atoms with Crippen molar-refractivity contribution < 1.29 is 17.9 Å². The Kier molecular flexibility index (Phi) is 4.79. The van der Waals surface area contributed by atoms with Crippen LogP contribution in [0.4, 0.5) is 5.69 Å². The fourth-order valence-corrected chi connectivity index (χ4v) is 2.53. The quantitative estimate of drug-likeness (QED) is 0.880. The van der Waals surface area contributed by atoms with E-state index >= 15 is 0 Å². The number of benzene rings is 2. The molecule has 2 rings (SSSR count). The molecule has 0 aromatic heterocycles. The zero-order valence-electron chi connectivity index (χ0n) is 12.2. The Labute approximate surface area is 129 Å². The van der Waals surface area contributed by atoms with Crippen molar-refractivity contribution in [2.24, 2.45) is 0 Å². The maximum Gasteiger partial charge on any atom is 0.255 e. The first-order chi connectivity index (χ1) is 10.5. The van der Waals surface area contributed by atoms with Crippen LogP contribution in [0.1, 0.15) is 10.4 Å². The molecule has 7 heteroatoms. The molecule has 22 heavy (non-hydrogen) atoms. The minimum absolute atomic E-state index is 0.134. The zero-order chi connectivity index (χ0) is 16.2. The molecule has 0 radical (unpaired) electrons. The second-order valence-corrected chi connectivity index (χ2v) is 6.30. The first-order valence-electron chi connectivity index (χ1n) is 6.45. The van der Waals surface area contributed by atoms with E-state index in [9.17, 15) is 13.2 Å². The summed E-state index contributed by atoms with van der Waals surface area (Å²) in [7, 11) is -0.617. The first-order valence-corrected chi connectivity index (χ1v) is 7.93. The van der Waals surface area contributed by atoms with Crippen LogP contribution in [0.15, 0.2) is 53.4 Å². The van der Waals surface area contributed by atoms with Crippen LogP contribution in [-0.2, 0) is 10.0 Å². The van der Waals surface area contributed by atoms with Gasteiger partial charge in [-0.05, 0) is 49.5 Å². The van der Waals surface area contributed by atoms with Crippen LogP contribution >= 0.6 is 0 Å². The van der Waals surface area contributed by atoms with Crippen molar-refractivity contribution in [1.82, 2.24) is 4.72 Å². The molecule has 0 unspecified atom stereocenters. The molecular weight excluding hydrogens is 304 g/mol. The van der Waals surface area contributed by atoms with Gasteiger partial charge in [0.05, 0.1) is 12.0 Å². The summed E-state index contributed by atoms with van der Waals surface area (Å²) in [5, 5.41) is 2.70. The summed E-state index contributed by atoms with van der Waals surface area (Å²) in [5.41, 5.74) is 0.953. The number of nitrogens with one attached hydrogen (secondary N) is 2. The van der Waals surface area contributed by atoms with E-state index < -0.39 is 10.0 Å². The van der Waals surface area contributed by atoms with Crippen molar-refractivity contribution in [3.05, 3.63) is 54.1 Å². The van der Waals surface area contributed by atoms with Crippen molar-refractivity contribution in [2.45, 2.75) is 4.90 Å². The van der Waals surface area contributed by atoms with E-state index in [1.54, 1.807) is 24.3 Å². The van der Waals surface area contributed by atoms with Crippen LogP contribution in [0.3, 0.4) is 0 Å². The van der Waals surface area contributed by atoms with Gasteiger partial charge >= 0.3 is 0 Å². The molecule has 0 saturated heterocycles. The van der Waals surface area contributed by atoms with Crippen LogP contribution in [0.25, 0.3) is 0 Å². The Morgan fingerprint density at radius 2 is 1.77 bits per heavy atom. The highest BCUT2D eigenvalue weighted by molar-refractivity contribution is 7.89. The molecule has 0 aliphatic carbocycles. The number of ether oxygens (including phenoxy) is 1. The van der Waals surface area contributed by atoms with Crippen molar-refractivity contribution in [3.63, 3.8) is 0 Å². The van der Waals surface area contributed by atoms with Gasteiger partial charge in [0, 0.05) is 11.3 Å².